The lowest BCUT2D eigenvalue weighted by Crippen LogP contribution is -2.31. The van der Waals surface area contributed by atoms with Gasteiger partial charge < -0.3 is 18.6 Å². The monoisotopic (exact) mass is 451 g/mol. The molecule has 1 aliphatic rings. The zero-order chi connectivity index (χ0) is 22.7. The van der Waals surface area contributed by atoms with Crippen molar-refractivity contribution in [2.75, 3.05) is 26.2 Å². The molecular weight excluding hydrogens is 430 g/mol. The Bertz CT molecular complexity index is 1170. The summed E-state index contributed by atoms with van der Waals surface area (Å²) in [5.74, 6) is 1.85. The molecule has 2 aromatic carbocycles. The van der Waals surface area contributed by atoms with E-state index in [1.54, 1.807) is 61.9 Å². The molecule has 0 bridgehead atoms. The van der Waals surface area contributed by atoms with Gasteiger partial charge in [0.15, 0.2) is 0 Å². The van der Waals surface area contributed by atoms with Gasteiger partial charge in [0.05, 0.1) is 49.5 Å². The highest BCUT2D eigenvalue weighted by Crippen LogP contribution is 2.43. The molecule has 8 heteroatoms. The quantitative estimate of drug-likeness (QED) is 0.466. The molecule has 0 aliphatic carbocycles. The summed E-state index contributed by atoms with van der Waals surface area (Å²) in [6, 6.07) is 15.6. The molecule has 7 nitrogen and oxygen atoms in total. The molecular formula is C24H21NO6S. The molecule has 0 unspecified atom stereocenters. The Morgan fingerprint density at radius 2 is 1.59 bits per heavy atom. The van der Waals surface area contributed by atoms with Crippen molar-refractivity contribution in [3.05, 3.63) is 77.1 Å². The van der Waals surface area contributed by atoms with Crippen LogP contribution in [-0.4, -0.2) is 33.1 Å². The third-order valence-corrected chi connectivity index (χ3v) is 6.08. The van der Waals surface area contributed by atoms with Crippen LogP contribution in [0.3, 0.4) is 0 Å². The molecule has 164 valence electrons. The first-order chi connectivity index (χ1) is 15.6. The van der Waals surface area contributed by atoms with E-state index >= 15 is 0 Å². The number of methoxy groups -OCH3 is 3. The SMILES string of the molecule is COc1ccc(C2=C(SCc3ccco3)C(=O)N(c3ccc(OC)cc3OC)C2=O)cc1. The second-order valence-corrected chi connectivity index (χ2v) is 7.77. The third kappa shape index (κ3) is 3.97. The third-order valence-electron chi connectivity index (χ3n) is 4.99. The highest BCUT2D eigenvalue weighted by Gasteiger charge is 2.41. The van der Waals surface area contributed by atoms with Gasteiger partial charge in [0.2, 0.25) is 0 Å². The lowest BCUT2D eigenvalue weighted by Gasteiger charge is -2.19. The van der Waals surface area contributed by atoms with E-state index in [2.05, 4.69) is 0 Å². The first-order valence-electron chi connectivity index (χ1n) is 9.72. The van der Waals surface area contributed by atoms with Crippen molar-refractivity contribution >= 4 is 34.8 Å². The minimum Gasteiger partial charge on any atom is -0.497 e. The Morgan fingerprint density at radius 3 is 2.22 bits per heavy atom. The number of hydrogen-bond donors (Lipinski definition) is 0. The van der Waals surface area contributed by atoms with E-state index in [4.69, 9.17) is 18.6 Å². The summed E-state index contributed by atoms with van der Waals surface area (Å²) in [7, 11) is 4.59. The van der Waals surface area contributed by atoms with Crippen LogP contribution in [0, 0.1) is 0 Å². The van der Waals surface area contributed by atoms with E-state index in [1.807, 2.05) is 6.07 Å². The Kier molecular flexibility index (Phi) is 6.23. The second-order valence-electron chi connectivity index (χ2n) is 6.78. The fraction of sp³-hybridized carbons (Fsp3) is 0.167. The van der Waals surface area contributed by atoms with Crippen LogP contribution in [0.2, 0.25) is 0 Å². The van der Waals surface area contributed by atoms with E-state index in [0.29, 0.717) is 50.5 Å². The van der Waals surface area contributed by atoms with Gasteiger partial charge in [-0.15, -0.1) is 11.8 Å². The van der Waals surface area contributed by atoms with Crippen LogP contribution in [0.5, 0.6) is 17.2 Å². The smallest absolute Gasteiger partial charge is 0.272 e. The zero-order valence-electron chi connectivity index (χ0n) is 17.8. The first-order valence-corrected chi connectivity index (χ1v) is 10.7. The van der Waals surface area contributed by atoms with Gasteiger partial charge in [0.1, 0.15) is 23.0 Å². The maximum Gasteiger partial charge on any atom is 0.272 e. The van der Waals surface area contributed by atoms with Crippen LogP contribution in [0.1, 0.15) is 11.3 Å². The van der Waals surface area contributed by atoms with Crippen molar-refractivity contribution in [1.82, 2.24) is 0 Å². The number of carbonyl (C=O) groups excluding carboxylic acids is 2. The van der Waals surface area contributed by atoms with Crippen molar-refractivity contribution in [3.8, 4) is 17.2 Å². The van der Waals surface area contributed by atoms with Crippen molar-refractivity contribution in [2.45, 2.75) is 5.75 Å². The molecule has 4 rings (SSSR count). The van der Waals surface area contributed by atoms with Crippen LogP contribution < -0.4 is 19.1 Å². The average molecular weight is 452 g/mol. The fourth-order valence-corrected chi connectivity index (χ4v) is 4.40. The molecule has 0 saturated carbocycles. The summed E-state index contributed by atoms with van der Waals surface area (Å²) >= 11 is 1.26. The van der Waals surface area contributed by atoms with E-state index in [0.717, 1.165) is 4.90 Å². The molecule has 2 heterocycles. The van der Waals surface area contributed by atoms with Crippen molar-refractivity contribution in [1.29, 1.82) is 0 Å². The summed E-state index contributed by atoms with van der Waals surface area (Å²) in [6.07, 6.45) is 1.57. The second kappa shape index (κ2) is 9.23. The van der Waals surface area contributed by atoms with E-state index in [9.17, 15) is 9.59 Å². The zero-order valence-corrected chi connectivity index (χ0v) is 18.6. The molecule has 0 spiro atoms. The summed E-state index contributed by atoms with van der Waals surface area (Å²) in [5.41, 5.74) is 1.30. The summed E-state index contributed by atoms with van der Waals surface area (Å²) in [5, 5.41) is 0. The molecule has 3 aromatic rings. The van der Waals surface area contributed by atoms with Crippen molar-refractivity contribution < 1.29 is 28.2 Å². The largest absolute Gasteiger partial charge is 0.497 e. The standard InChI is InChI=1S/C24H21NO6S/c1-28-16-8-6-15(7-9-16)21-22(32-14-18-5-4-12-31-18)24(27)25(23(21)26)19-11-10-17(29-2)13-20(19)30-3/h4-13H,14H2,1-3H3. The fourth-order valence-electron chi connectivity index (χ4n) is 3.38. The van der Waals surface area contributed by atoms with Gasteiger partial charge in [-0.1, -0.05) is 12.1 Å². The van der Waals surface area contributed by atoms with Crippen LogP contribution in [0.15, 0.2) is 70.2 Å². The van der Waals surface area contributed by atoms with Crippen LogP contribution in [0.25, 0.3) is 5.57 Å². The number of nitrogens with zero attached hydrogens (tertiary/aromatic N) is 1. The highest BCUT2D eigenvalue weighted by molar-refractivity contribution is 8.03. The number of benzene rings is 2. The predicted octanol–water partition coefficient (Wildman–Crippen LogP) is 4.52. The number of ether oxygens (including phenoxy) is 3. The van der Waals surface area contributed by atoms with E-state index < -0.39 is 11.8 Å². The molecule has 1 aromatic heterocycles. The lowest BCUT2D eigenvalue weighted by molar-refractivity contribution is -0.119. The number of amides is 2. The Balaban J connectivity index is 1.77. The molecule has 2 amide bonds. The molecule has 0 fully saturated rings. The molecule has 1 aliphatic heterocycles. The van der Waals surface area contributed by atoms with Gasteiger partial charge in [0.25, 0.3) is 11.8 Å². The van der Waals surface area contributed by atoms with E-state index in [-0.39, 0.29) is 0 Å². The Hall–Kier alpha value is -3.65. The maximum atomic E-state index is 13.6. The Morgan fingerprint density at radius 1 is 0.875 bits per heavy atom. The van der Waals surface area contributed by atoms with Gasteiger partial charge in [0, 0.05) is 6.07 Å². The molecule has 0 radical (unpaired) electrons. The molecule has 0 atom stereocenters. The minimum absolute atomic E-state index is 0.326. The van der Waals surface area contributed by atoms with Gasteiger partial charge in [-0.05, 0) is 42.0 Å². The normalized spacial score (nSPS) is 13.7. The van der Waals surface area contributed by atoms with Crippen molar-refractivity contribution in [3.63, 3.8) is 0 Å². The summed E-state index contributed by atoms with van der Waals surface area (Å²) < 4.78 is 21.3. The number of thioether (sulfide) groups is 1. The highest BCUT2D eigenvalue weighted by atomic mass is 32.2. The van der Waals surface area contributed by atoms with Crippen LogP contribution in [-0.2, 0) is 15.3 Å². The number of furan rings is 1. The number of imide groups is 1. The number of rotatable bonds is 8. The van der Waals surface area contributed by atoms with Gasteiger partial charge in [-0.2, -0.15) is 0 Å². The van der Waals surface area contributed by atoms with E-state index in [1.165, 1.54) is 26.0 Å². The number of anilines is 1. The van der Waals surface area contributed by atoms with Crippen molar-refractivity contribution in [2.24, 2.45) is 0 Å². The van der Waals surface area contributed by atoms with Gasteiger partial charge >= 0.3 is 0 Å². The van der Waals surface area contributed by atoms with Crippen LogP contribution in [0.4, 0.5) is 5.69 Å². The summed E-state index contributed by atoms with van der Waals surface area (Å²) in [6.45, 7) is 0. The average Bonchev–Trinajstić information content (AvgIpc) is 3.43. The summed E-state index contributed by atoms with van der Waals surface area (Å²) in [4.78, 5) is 28.5. The van der Waals surface area contributed by atoms with Crippen LogP contribution >= 0.6 is 11.8 Å². The molecule has 0 N–H and O–H groups in total. The number of hydrogen-bond acceptors (Lipinski definition) is 7. The van der Waals surface area contributed by atoms with Gasteiger partial charge in [-0.25, -0.2) is 4.90 Å². The maximum absolute atomic E-state index is 13.6. The predicted molar refractivity (Wildman–Crippen MR) is 122 cm³/mol. The van der Waals surface area contributed by atoms with Gasteiger partial charge in [-0.3, -0.25) is 9.59 Å². The minimum atomic E-state index is -0.425. The topological polar surface area (TPSA) is 78.2 Å². The lowest BCUT2D eigenvalue weighted by atomic mass is 10.1. The molecule has 32 heavy (non-hydrogen) atoms. The number of carbonyl (C=O) groups is 2. The molecule has 0 saturated heterocycles. The Labute approximate surface area is 189 Å². The first kappa shape index (κ1) is 21.6.